The van der Waals surface area contributed by atoms with Crippen molar-refractivity contribution in [1.82, 2.24) is 39.9 Å². The topological polar surface area (TPSA) is 255 Å². The summed E-state index contributed by atoms with van der Waals surface area (Å²) in [6.07, 6.45) is 6.87. The third-order valence-corrected chi connectivity index (χ3v) is 12.5. The van der Waals surface area contributed by atoms with E-state index in [2.05, 4.69) is 0 Å². The molecule has 8 bridgehead atoms. The Kier molecular flexibility index (Phi) is 14.9. The molecule has 4 aromatic carbocycles. The van der Waals surface area contributed by atoms with Crippen molar-refractivity contribution in [3.63, 3.8) is 0 Å². The van der Waals surface area contributed by atoms with Crippen LogP contribution in [0.25, 0.3) is 89.7 Å². The molecule has 0 unspecified atom stereocenters. The molecule has 0 spiro atoms. The van der Waals surface area contributed by atoms with Crippen LogP contribution in [0.1, 0.15) is 99.3 Å². The first-order valence-electron chi connectivity index (χ1n) is 23.1. The van der Waals surface area contributed by atoms with Gasteiger partial charge in [-0.2, -0.15) is 0 Å². The van der Waals surface area contributed by atoms with Gasteiger partial charge in [0.15, 0.2) is 0 Å². The van der Waals surface area contributed by atoms with E-state index in [1.54, 1.807) is 0 Å². The molecule has 16 nitrogen and oxygen atoms in total. The van der Waals surface area contributed by atoms with Gasteiger partial charge in [0.25, 0.3) is 0 Å². The van der Waals surface area contributed by atoms with E-state index in [1.807, 2.05) is 72.8 Å². The summed E-state index contributed by atoms with van der Waals surface area (Å²) in [5.41, 5.74) is 8.12. The van der Waals surface area contributed by atoms with Crippen LogP contribution >= 0.6 is 0 Å². The second-order valence-electron chi connectivity index (χ2n) is 17.2. The van der Waals surface area contributed by atoms with Crippen molar-refractivity contribution in [2.75, 3.05) is 0 Å². The minimum absolute atomic E-state index is 0. The number of unbranched alkanes of at least 4 members (excludes halogenated alkanes) is 4. The first-order chi connectivity index (χ1) is 33.0. The van der Waals surface area contributed by atoms with Crippen LogP contribution in [0.5, 0.6) is 0 Å². The van der Waals surface area contributed by atoms with Gasteiger partial charge in [0.05, 0.1) is 23.3 Å². The Bertz CT molecular complexity index is 3090. The Balaban J connectivity index is 0.00000642. The number of carboxylic acid groups (broad SMARTS) is 4. The quantitative estimate of drug-likeness (QED) is 0.0410. The molecule has 7 aromatic rings. The van der Waals surface area contributed by atoms with Crippen molar-refractivity contribution < 1.29 is 59.1 Å². The number of nitrogens with zero attached hydrogens (tertiary/aromatic N) is 8. The van der Waals surface area contributed by atoms with E-state index >= 15 is 0 Å². The second kappa shape index (κ2) is 21.4. The number of benzene rings is 4. The van der Waals surface area contributed by atoms with Crippen LogP contribution in [-0.2, 0) is 64.3 Å². The molecule has 3 aromatic heterocycles. The molecule has 9 rings (SSSR count). The summed E-state index contributed by atoms with van der Waals surface area (Å²) in [5, 5.41) is 40.5. The smallest absolute Gasteiger partial charge is 0.481 e. The number of aliphatic carboxylic acids is 4. The summed E-state index contributed by atoms with van der Waals surface area (Å²) >= 11 is 0. The average molecular weight is 978 g/mol. The molecule has 17 heteroatoms. The van der Waals surface area contributed by atoms with Crippen molar-refractivity contribution >= 4 is 68.0 Å². The van der Waals surface area contributed by atoms with Gasteiger partial charge in [0.2, 0.25) is 0 Å². The van der Waals surface area contributed by atoms with E-state index in [0.29, 0.717) is 123 Å². The van der Waals surface area contributed by atoms with Gasteiger partial charge in [-0.3, -0.25) is 19.2 Å². The Morgan fingerprint density at radius 3 is 1.06 bits per heavy atom. The Labute approximate surface area is 408 Å². The van der Waals surface area contributed by atoms with Crippen LogP contribution in [0, 0.1) is 0 Å². The predicted molar refractivity (Wildman–Crippen MR) is 255 cm³/mol. The number of hydrogen-bond acceptors (Lipinski definition) is 10. The summed E-state index contributed by atoms with van der Waals surface area (Å²) < 4.78 is 0. The second-order valence-corrected chi connectivity index (χ2v) is 17.2. The normalized spacial score (nSPS) is 11.6. The maximum atomic E-state index is 11.4. The van der Waals surface area contributed by atoms with Crippen LogP contribution in [0.3, 0.4) is 0 Å². The first-order valence-corrected chi connectivity index (χ1v) is 23.1. The van der Waals surface area contributed by atoms with Crippen molar-refractivity contribution in [2.45, 2.75) is 103 Å². The van der Waals surface area contributed by atoms with Crippen molar-refractivity contribution in [2.24, 2.45) is 0 Å². The fraction of sp³-hybridized carbons (Fsp3) is 0.308. The minimum atomic E-state index is -0.855. The van der Waals surface area contributed by atoms with E-state index in [1.165, 1.54) is 0 Å². The zero-order chi connectivity index (χ0) is 47.3. The van der Waals surface area contributed by atoms with Crippen molar-refractivity contribution in [3.05, 3.63) is 95.1 Å². The molecular weight excluding hydrogens is 930 g/mol. The number of hydrogen-bond donors (Lipinski definition) is 4. The van der Waals surface area contributed by atoms with E-state index in [0.717, 1.165) is 66.1 Å². The van der Waals surface area contributed by atoms with Crippen LogP contribution < -0.4 is 9.97 Å². The molecule has 346 valence electrons. The van der Waals surface area contributed by atoms with Crippen LogP contribution in [0.4, 0.5) is 0 Å². The Hall–Kier alpha value is -7.26. The fourth-order valence-electron chi connectivity index (χ4n) is 9.33. The molecule has 0 fully saturated rings. The van der Waals surface area contributed by atoms with Crippen LogP contribution in [0.2, 0.25) is 0 Å². The van der Waals surface area contributed by atoms with Crippen molar-refractivity contribution in [1.29, 1.82) is 0 Å². The zero-order valence-corrected chi connectivity index (χ0v) is 40.9. The Morgan fingerprint density at radius 1 is 0.377 bits per heavy atom. The molecule has 69 heavy (non-hydrogen) atoms. The number of carbonyl (C=O) groups is 4. The maximum Gasteiger partial charge on any atom is 2.00 e. The van der Waals surface area contributed by atoms with Gasteiger partial charge in [-0.05, 0) is 121 Å². The summed E-state index contributed by atoms with van der Waals surface area (Å²) in [4.78, 5) is 87.0. The molecule has 5 heterocycles. The predicted octanol–water partition coefficient (Wildman–Crippen LogP) is 9.31. The Morgan fingerprint density at radius 2 is 0.696 bits per heavy atom. The molecule has 2 aliphatic rings. The van der Waals surface area contributed by atoms with Gasteiger partial charge in [0, 0.05) is 70.5 Å². The van der Waals surface area contributed by atoms with Gasteiger partial charge < -0.3 is 50.3 Å². The monoisotopic (exact) mass is 976 g/mol. The van der Waals surface area contributed by atoms with Gasteiger partial charge >= 0.3 is 43.4 Å². The third-order valence-electron chi connectivity index (χ3n) is 12.5. The molecule has 0 saturated heterocycles. The molecule has 0 saturated carbocycles. The first kappa shape index (κ1) is 48.2. The summed E-state index contributed by atoms with van der Waals surface area (Å²) in [6, 6.07) is 23.4. The van der Waals surface area contributed by atoms with Gasteiger partial charge in [0.1, 0.15) is 0 Å². The van der Waals surface area contributed by atoms with E-state index in [-0.39, 0.29) is 45.2 Å². The maximum absolute atomic E-state index is 11.4. The van der Waals surface area contributed by atoms with E-state index in [9.17, 15) is 39.6 Å². The van der Waals surface area contributed by atoms with E-state index < -0.39 is 23.9 Å². The molecule has 2 aliphatic heterocycles. The largest absolute Gasteiger partial charge is 2.00 e. The van der Waals surface area contributed by atoms with Crippen LogP contribution in [0.15, 0.2) is 72.8 Å². The zero-order valence-electron chi connectivity index (χ0n) is 37.9. The number of fused-ring (bicyclic) bond motifs is 20. The fourth-order valence-corrected chi connectivity index (χ4v) is 9.33. The van der Waals surface area contributed by atoms with Gasteiger partial charge in [-0.25, -0.2) is 9.97 Å². The number of rotatable bonds is 20. The summed E-state index contributed by atoms with van der Waals surface area (Å²) in [7, 11) is 0. The molecule has 0 atom stereocenters. The average Bonchev–Trinajstić information content (AvgIpc) is 4.06. The number of aryl methyl sites for hydroxylation is 4. The van der Waals surface area contributed by atoms with Gasteiger partial charge in [-0.1, -0.05) is 72.8 Å². The third kappa shape index (κ3) is 10.6. The van der Waals surface area contributed by atoms with Crippen LogP contribution in [-0.4, -0.2) is 74.2 Å². The minimum Gasteiger partial charge on any atom is -0.481 e. The van der Waals surface area contributed by atoms with Crippen molar-refractivity contribution in [3.8, 4) is 45.6 Å². The molecule has 0 amide bonds. The molecule has 4 N–H and O–H groups in total. The summed E-state index contributed by atoms with van der Waals surface area (Å²) in [5.74, 6) is -1.93. The molecule has 0 radical (unpaired) electrons. The number of aromatic nitrogens is 8. The SMILES string of the molecule is O=C(O)CCCCc1cccc2c1-c1nc-2nc2[n-]c(nc3nc(nc4[n-]c(n1)c1cccc(CCCCC(=O)O)c41)-c1cccc(CCCCC(=O)O)c1-3)c1cccc(CCCCC(=O)O)c21.[Zn+2]. The summed E-state index contributed by atoms with van der Waals surface area (Å²) in [6.45, 7) is 0. The van der Waals surface area contributed by atoms with Gasteiger partial charge in [-0.15, -0.1) is 0 Å². The number of carboxylic acids is 4. The standard InChI is InChI=1S/C52H50N8O8.Zn/c61-37(62)25-5-1-13-29-17-9-21-33-41(29)49-53-45(33)58-50-43-31(15-3-7-27-39(65)66)19-11-23-35(43)47(55-50)60-52-44-32(16-4-8-28-40(67)68)20-12-24-36(44)48(56-52)59-51-42-30(14-2-6-26-38(63)64)18-10-22-34(42)46(54-51)57-49;/h9-12,17-24H,1-8,13-16,25-28H2,(H6,53,54,55,56,57,58,59,60,61,62,63,64,65,66,67,68);/q;+2/p-2. The molecular formula is C52H48N8O8Zn. The van der Waals surface area contributed by atoms with E-state index in [4.69, 9.17) is 39.9 Å². The molecule has 0 aliphatic carbocycles.